The number of benzene rings is 1. The van der Waals surface area contributed by atoms with Crippen molar-refractivity contribution in [1.29, 1.82) is 0 Å². The number of hydrogen-bond acceptors (Lipinski definition) is 8. The minimum Gasteiger partial charge on any atom is -0.490 e. The van der Waals surface area contributed by atoms with Crippen LogP contribution in [0.2, 0.25) is 0 Å². The average molecular weight is 493 g/mol. The Bertz CT molecular complexity index is 1010. The van der Waals surface area contributed by atoms with Crippen LogP contribution < -0.4 is 9.80 Å². The maximum atomic E-state index is 15.1. The van der Waals surface area contributed by atoms with Crippen LogP contribution in [0, 0.1) is 11.6 Å². The molecule has 0 spiro atoms. The van der Waals surface area contributed by atoms with E-state index in [1.54, 1.807) is 22.4 Å². The van der Waals surface area contributed by atoms with Gasteiger partial charge in [-0.25, -0.2) is 13.6 Å². The van der Waals surface area contributed by atoms with E-state index in [9.17, 15) is 4.79 Å². The van der Waals surface area contributed by atoms with Crippen molar-refractivity contribution in [3.8, 4) is 0 Å². The number of carbonyl (C=O) groups excluding carboxylic acids is 1. The number of ether oxygens (including phenoxy) is 2. The lowest BCUT2D eigenvalue weighted by molar-refractivity contribution is -0.154. The van der Waals surface area contributed by atoms with E-state index in [2.05, 4.69) is 4.98 Å². The number of halogens is 2. The summed E-state index contributed by atoms with van der Waals surface area (Å²) in [5.74, 6) is -1.49. The summed E-state index contributed by atoms with van der Waals surface area (Å²) in [6.45, 7) is 2.15. The summed E-state index contributed by atoms with van der Waals surface area (Å²) >= 11 is 5.01. The monoisotopic (exact) mass is 492 g/mol. The van der Waals surface area contributed by atoms with Crippen LogP contribution in [-0.2, 0) is 20.9 Å². The van der Waals surface area contributed by atoms with Gasteiger partial charge in [0, 0.05) is 50.6 Å². The highest BCUT2D eigenvalue weighted by Crippen LogP contribution is 2.32. The fourth-order valence-electron chi connectivity index (χ4n) is 4.01. The molecule has 0 bridgehead atoms. The third kappa shape index (κ3) is 5.78. The van der Waals surface area contributed by atoms with E-state index in [0.29, 0.717) is 44.1 Å². The first-order valence-corrected chi connectivity index (χ1v) is 11.4. The zero-order valence-corrected chi connectivity index (χ0v) is 19.6. The summed E-state index contributed by atoms with van der Waals surface area (Å²) in [6.07, 6.45) is 3.30. The molecular weight excluding hydrogens is 466 g/mol. The van der Waals surface area contributed by atoms with Gasteiger partial charge >= 0.3 is 6.09 Å². The van der Waals surface area contributed by atoms with Gasteiger partial charge in [0.25, 0.3) is 0 Å². The molecule has 1 atom stereocenters. The smallest absolute Gasteiger partial charge is 0.414 e. The first-order valence-electron chi connectivity index (χ1n) is 11.0. The number of hydrogen-bond donors (Lipinski definition) is 0. The molecule has 11 heteroatoms. The van der Waals surface area contributed by atoms with Gasteiger partial charge in [-0.2, -0.15) is 5.06 Å². The molecule has 3 heterocycles. The third-order valence-electron chi connectivity index (χ3n) is 5.74. The molecule has 182 valence electrons. The molecule has 1 aromatic carbocycles. The highest BCUT2D eigenvalue weighted by atomic mass is 32.1. The topological polar surface area (TPSA) is 67.4 Å². The number of aromatic nitrogens is 1. The quantitative estimate of drug-likeness (QED) is 0.543. The van der Waals surface area contributed by atoms with Gasteiger partial charge < -0.3 is 14.4 Å². The average Bonchev–Trinajstić information content (AvgIpc) is 3.05. The molecule has 1 amide bonds. The number of cyclic esters (lactones) is 1. The summed E-state index contributed by atoms with van der Waals surface area (Å²) in [5.41, 5.74) is 0.965. The number of methoxy groups -OCH3 is 1. The fourth-order valence-corrected chi connectivity index (χ4v) is 4.12. The second kappa shape index (κ2) is 11.0. The molecule has 2 fully saturated rings. The van der Waals surface area contributed by atoms with Gasteiger partial charge in [0.15, 0.2) is 16.7 Å². The van der Waals surface area contributed by atoms with Crippen LogP contribution in [0.3, 0.4) is 0 Å². The first kappa shape index (κ1) is 24.2. The van der Waals surface area contributed by atoms with Crippen LogP contribution in [0.5, 0.6) is 0 Å². The molecule has 0 N–H and O–H groups in total. The van der Waals surface area contributed by atoms with Crippen molar-refractivity contribution >= 4 is 34.7 Å². The zero-order chi connectivity index (χ0) is 24.1. The Balaban J connectivity index is 1.41. The van der Waals surface area contributed by atoms with Crippen molar-refractivity contribution < 1.29 is 27.9 Å². The largest absolute Gasteiger partial charge is 0.490 e. The van der Waals surface area contributed by atoms with E-state index >= 15 is 8.78 Å². The van der Waals surface area contributed by atoms with Crippen LogP contribution >= 0.6 is 12.2 Å². The highest BCUT2D eigenvalue weighted by molar-refractivity contribution is 7.80. The molecule has 1 aromatic heterocycles. The number of amides is 1. The second-order valence-corrected chi connectivity index (χ2v) is 8.49. The van der Waals surface area contributed by atoms with E-state index in [4.69, 9.17) is 26.5 Å². The molecule has 2 aliphatic heterocycles. The van der Waals surface area contributed by atoms with Crippen molar-refractivity contribution in [2.75, 3.05) is 49.7 Å². The minimum atomic E-state index is -0.743. The number of nitrogens with zero attached hydrogens (tertiary/aromatic N) is 4. The SMILES string of the molecule is COC(=S)CC[C@H]1CN(c2cc(F)c(N3CCON(Cc4cccnc4)CC3)c(F)c2)C(=O)O1. The number of pyridine rings is 1. The van der Waals surface area contributed by atoms with Gasteiger partial charge in [-0.3, -0.25) is 14.7 Å². The molecule has 0 saturated carbocycles. The van der Waals surface area contributed by atoms with Crippen LogP contribution in [0.15, 0.2) is 36.7 Å². The van der Waals surface area contributed by atoms with Gasteiger partial charge in [0.2, 0.25) is 0 Å². The summed E-state index contributed by atoms with van der Waals surface area (Å²) in [5, 5.41) is 2.17. The summed E-state index contributed by atoms with van der Waals surface area (Å²) < 4.78 is 40.5. The fraction of sp³-hybridized carbons (Fsp3) is 0.435. The van der Waals surface area contributed by atoms with Crippen LogP contribution in [0.1, 0.15) is 18.4 Å². The standard InChI is InChI=1S/C23H26F2N4O4S/c1-31-21(34)5-4-18-15-29(23(30)33-18)17-11-19(24)22(20(25)12-17)27-7-8-28(32-10-9-27)14-16-3-2-6-26-13-16/h2-3,6,11-13,18H,4-5,7-10,14-15H2,1H3/t18-/m0/s1. The number of anilines is 2. The minimum absolute atomic E-state index is 0.116. The zero-order valence-electron chi connectivity index (χ0n) is 18.8. The Morgan fingerprint density at radius 1 is 1.26 bits per heavy atom. The molecule has 2 aliphatic rings. The Kier molecular flexibility index (Phi) is 7.86. The van der Waals surface area contributed by atoms with Gasteiger partial charge in [-0.05, 0) is 30.3 Å². The van der Waals surface area contributed by atoms with Crippen molar-refractivity contribution in [1.82, 2.24) is 10.0 Å². The molecule has 8 nitrogen and oxygen atoms in total. The molecule has 0 aliphatic carbocycles. The third-order valence-corrected chi connectivity index (χ3v) is 6.11. The van der Waals surface area contributed by atoms with E-state index in [-0.39, 0.29) is 24.5 Å². The molecule has 2 aromatic rings. The molecule has 34 heavy (non-hydrogen) atoms. The maximum Gasteiger partial charge on any atom is 0.414 e. The Morgan fingerprint density at radius 2 is 2.06 bits per heavy atom. The summed E-state index contributed by atoms with van der Waals surface area (Å²) in [7, 11) is 1.48. The van der Waals surface area contributed by atoms with Crippen molar-refractivity contribution in [3.63, 3.8) is 0 Å². The second-order valence-electron chi connectivity index (χ2n) is 8.03. The van der Waals surface area contributed by atoms with Crippen LogP contribution in [0.4, 0.5) is 25.0 Å². The van der Waals surface area contributed by atoms with Gasteiger partial charge in [-0.15, -0.1) is 0 Å². The van der Waals surface area contributed by atoms with Crippen LogP contribution in [-0.4, -0.2) is 67.2 Å². The molecule has 0 radical (unpaired) electrons. The Hall–Kier alpha value is -2.89. The molecule has 0 unspecified atom stereocenters. The lowest BCUT2D eigenvalue weighted by Gasteiger charge is -2.24. The van der Waals surface area contributed by atoms with E-state index in [1.165, 1.54) is 24.1 Å². The van der Waals surface area contributed by atoms with Gasteiger partial charge in [-0.1, -0.05) is 6.07 Å². The predicted octanol–water partition coefficient (Wildman–Crippen LogP) is 3.69. The Labute approximate surface area is 202 Å². The van der Waals surface area contributed by atoms with E-state index in [0.717, 1.165) is 5.56 Å². The highest BCUT2D eigenvalue weighted by Gasteiger charge is 2.34. The van der Waals surface area contributed by atoms with E-state index in [1.807, 2.05) is 12.1 Å². The summed E-state index contributed by atoms with van der Waals surface area (Å²) in [4.78, 5) is 25.0. The molecule has 4 rings (SSSR count). The normalized spacial score (nSPS) is 19.1. The molecular formula is C23H26F2N4O4S. The molecule has 2 saturated heterocycles. The van der Waals surface area contributed by atoms with Gasteiger partial charge in [0.1, 0.15) is 11.8 Å². The van der Waals surface area contributed by atoms with E-state index < -0.39 is 23.8 Å². The first-order chi connectivity index (χ1) is 16.4. The number of hydroxylamine groups is 2. The van der Waals surface area contributed by atoms with Crippen molar-refractivity contribution in [2.24, 2.45) is 0 Å². The van der Waals surface area contributed by atoms with Crippen molar-refractivity contribution in [2.45, 2.75) is 25.5 Å². The van der Waals surface area contributed by atoms with Crippen LogP contribution in [0.25, 0.3) is 0 Å². The predicted molar refractivity (Wildman–Crippen MR) is 126 cm³/mol. The van der Waals surface area contributed by atoms with Crippen molar-refractivity contribution in [3.05, 3.63) is 53.9 Å². The number of carbonyl (C=O) groups is 1. The lowest BCUT2D eigenvalue weighted by Crippen LogP contribution is -2.32. The maximum absolute atomic E-state index is 15.1. The number of thiocarbonyl (C=S) groups is 1. The summed E-state index contributed by atoms with van der Waals surface area (Å²) in [6, 6.07) is 6.12. The Morgan fingerprint density at radius 3 is 2.76 bits per heavy atom. The van der Waals surface area contributed by atoms with Gasteiger partial charge in [0.05, 0.1) is 32.5 Å². The lowest BCUT2D eigenvalue weighted by atomic mass is 10.2. The number of rotatable bonds is 7.